The number of aromatic nitrogens is 1. The summed E-state index contributed by atoms with van der Waals surface area (Å²) in [6, 6.07) is 26.1. The molecule has 2 amide bonds. The molecule has 3 aromatic carbocycles. The Bertz CT molecular complexity index is 1580. The predicted molar refractivity (Wildman–Crippen MR) is 170 cm³/mol. The van der Waals surface area contributed by atoms with Gasteiger partial charge in [0.2, 0.25) is 5.91 Å². The van der Waals surface area contributed by atoms with Gasteiger partial charge < -0.3 is 19.1 Å². The summed E-state index contributed by atoms with van der Waals surface area (Å²) in [5.41, 5.74) is 3.55. The van der Waals surface area contributed by atoms with Crippen LogP contribution in [-0.4, -0.2) is 51.3 Å². The number of carbonyl (C=O) groups is 2. The maximum absolute atomic E-state index is 14.0. The number of methoxy groups -OCH3 is 1. The molecule has 0 N–H and O–H groups in total. The Morgan fingerprint density at radius 2 is 1.66 bits per heavy atom. The van der Waals surface area contributed by atoms with Gasteiger partial charge in [-0.1, -0.05) is 62.4 Å². The average molecular weight is 597 g/mol. The van der Waals surface area contributed by atoms with Gasteiger partial charge in [-0.2, -0.15) is 0 Å². The highest BCUT2D eigenvalue weighted by Gasteiger charge is 2.25. The fourth-order valence-electron chi connectivity index (χ4n) is 5.00. The molecule has 0 aliphatic carbocycles. The van der Waals surface area contributed by atoms with Crippen LogP contribution in [0, 0.1) is 23.0 Å². The summed E-state index contributed by atoms with van der Waals surface area (Å²) in [6.45, 7) is 7.28. The van der Waals surface area contributed by atoms with E-state index in [0.717, 1.165) is 22.6 Å². The van der Waals surface area contributed by atoms with Crippen LogP contribution in [0.2, 0.25) is 0 Å². The minimum Gasteiger partial charge on any atom is -0.497 e. The summed E-state index contributed by atoms with van der Waals surface area (Å²) in [5, 5.41) is 11.6. The van der Waals surface area contributed by atoms with Crippen LogP contribution in [0.15, 0.2) is 91.1 Å². The lowest BCUT2D eigenvalue weighted by atomic mass is 10.1. The van der Waals surface area contributed by atoms with Crippen LogP contribution in [-0.2, 0) is 24.4 Å². The van der Waals surface area contributed by atoms with E-state index in [1.165, 1.54) is 11.0 Å². The zero-order chi connectivity index (χ0) is 31.6. The van der Waals surface area contributed by atoms with Gasteiger partial charge in [0.15, 0.2) is 0 Å². The molecular formula is C35H40N4O5. The van der Waals surface area contributed by atoms with Crippen LogP contribution in [0.3, 0.4) is 0 Å². The largest absolute Gasteiger partial charge is 0.497 e. The Balaban J connectivity index is 1.60. The molecule has 0 saturated carbocycles. The fraction of sp³-hybridized carbons (Fsp3) is 0.314. The van der Waals surface area contributed by atoms with Crippen molar-refractivity contribution in [2.24, 2.45) is 5.92 Å². The first-order valence-corrected chi connectivity index (χ1v) is 14.8. The number of ether oxygens (including phenoxy) is 1. The highest BCUT2D eigenvalue weighted by molar-refractivity contribution is 5.97. The highest BCUT2D eigenvalue weighted by Crippen LogP contribution is 2.22. The first-order chi connectivity index (χ1) is 21.1. The van der Waals surface area contributed by atoms with Crippen LogP contribution < -0.4 is 4.74 Å². The lowest BCUT2D eigenvalue weighted by molar-refractivity contribution is -0.385. The Morgan fingerprint density at radius 3 is 2.36 bits per heavy atom. The van der Waals surface area contributed by atoms with Crippen molar-refractivity contribution in [3.63, 3.8) is 0 Å². The Morgan fingerprint density at radius 1 is 0.909 bits per heavy atom. The van der Waals surface area contributed by atoms with E-state index in [1.807, 2.05) is 72.9 Å². The molecule has 0 atom stereocenters. The molecule has 0 spiro atoms. The van der Waals surface area contributed by atoms with Crippen LogP contribution in [0.25, 0.3) is 0 Å². The van der Waals surface area contributed by atoms with E-state index in [-0.39, 0.29) is 23.7 Å². The third-order valence-corrected chi connectivity index (χ3v) is 7.57. The van der Waals surface area contributed by atoms with Gasteiger partial charge in [-0.3, -0.25) is 19.7 Å². The second kappa shape index (κ2) is 15.0. The maximum atomic E-state index is 14.0. The number of benzene rings is 3. The minimum absolute atomic E-state index is 0.117. The Kier molecular flexibility index (Phi) is 10.9. The molecule has 0 radical (unpaired) electrons. The quantitative estimate of drug-likeness (QED) is 0.123. The highest BCUT2D eigenvalue weighted by atomic mass is 16.6. The molecule has 230 valence electrons. The van der Waals surface area contributed by atoms with Gasteiger partial charge in [-0.05, 0) is 60.7 Å². The van der Waals surface area contributed by atoms with E-state index in [2.05, 4.69) is 18.4 Å². The smallest absolute Gasteiger partial charge is 0.273 e. The molecule has 44 heavy (non-hydrogen) atoms. The Hall–Kier alpha value is -4.92. The van der Waals surface area contributed by atoms with Gasteiger partial charge in [0, 0.05) is 48.7 Å². The van der Waals surface area contributed by atoms with Crippen molar-refractivity contribution in [1.82, 2.24) is 14.4 Å². The van der Waals surface area contributed by atoms with Crippen molar-refractivity contribution in [3.8, 4) is 5.75 Å². The van der Waals surface area contributed by atoms with E-state index in [1.54, 1.807) is 31.1 Å². The third-order valence-electron chi connectivity index (χ3n) is 7.57. The molecule has 0 aliphatic rings. The van der Waals surface area contributed by atoms with Crippen molar-refractivity contribution in [2.75, 3.05) is 20.2 Å². The van der Waals surface area contributed by atoms with Crippen molar-refractivity contribution >= 4 is 17.5 Å². The molecule has 1 heterocycles. The normalized spacial score (nSPS) is 10.9. The molecule has 0 aliphatic heterocycles. The van der Waals surface area contributed by atoms with Gasteiger partial charge in [-0.15, -0.1) is 0 Å². The average Bonchev–Trinajstić information content (AvgIpc) is 3.45. The molecule has 0 saturated heterocycles. The van der Waals surface area contributed by atoms with Gasteiger partial charge in [0.25, 0.3) is 11.6 Å². The fourth-order valence-corrected chi connectivity index (χ4v) is 5.00. The predicted octanol–water partition coefficient (Wildman–Crippen LogP) is 6.48. The zero-order valence-electron chi connectivity index (χ0n) is 25.8. The minimum atomic E-state index is -0.488. The van der Waals surface area contributed by atoms with Gasteiger partial charge in [0.05, 0.1) is 18.6 Å². The lowest BCUT2D eigenvalue weighted by Crippen LogP contribution is -2.43. The number of carbonyl (C=O) groups excluding carboxylic acids is 2. The SMILES string of the molecule is COc1cccc(Cn2cccc2CN(Cc2ccccc2)C(=O)CN(CCC(C)C)C(=O)c2ccc(C)c([N+](=O)[O-])c2)c1. The number of nitro groups is 1. The number of hydrogen-bond donors (Lipinski definition) is 0. The monoisotopic (exact) mass is 596 g/mol. The number of aryl methyl sites for hydroxylation is 1. The summed E-state index contributed by atoms with van der Waals surface area (Å²) < 4.78 is 7.49. The number of amides is 2. The van der Waals surface area contributed by atoms with Crippen LogP contribution in [0.1, 0.15) is 53.0 Å². The number of rotatable bonds is 14. The molecule has 0 fully saturated rings. The number of nitrogens with zero attached hydrogens (tertiary/aromatic N) is 4. The molecule has 1 aromatic heterocycles. The molecule has 0 unspecified atom stereocenters. The van der Waals surface area contributed by atoms with Crippen LogP contribution in [0.5, 0.6) is 5.75 Å². The van der Waals surface area contributed by atoms with E-state index < -0.39 is 10.8 Å². The first-order valence-electron chi connectivity index (χ1n) is 14.8. The van der Waals surface area contributed by atoms with Crippen LogP contribution in [0.4, 0.5) is 5.69 Å². The summed E-state index contributed by atoms with van der Waals surface area (Å²) in [4.78, 5) is 42.1. The van der Waals surface area contributed by atoms with E-state index in [4.69, 9.17) is 4.74 Å². The molecular weight excluding hydrogens is 556 g/mol. The zero-order valence-corrected chi connectivity index (χ0v) is 25.8. The van der Waals surface area contributed by atoms with Crippen molar-refractivity contribution in [3.05, 3.63) is 129 Å². The molecule has 9 heteroatoms. The van der Waals surface area contributed by atoms with Crippen molar-refractivity contribution in [2.45, 2.75) is 46.8 Å². The van der Waals surface area contributed by atoms with Gasteiger partial charge in [-0.25, -0.2) is 0 Å². The summed E-state index contributed by atoms with van der Waals surface area (Å²) in [6.07, 6.45) is 2.68. The van der Waals surface area contributed by atoms with E-state index in [0.29, 0.717) is 44.1 Å². The summed E-state index contributed by atoms with van der Waals surface area (Å²) in [5.74, 6) is 0.472. The number of hydrogen-bond acceptors (Lipinski definition) is 5. The molecule has 9 nitrogen and oxygen atoms in total. The second-order valence-corrected chi connectivity index (χ2v) is 11.4. The van der Waals surface area contributed by atoms with E-state index >= 15 is 0 Å². The first kappa shape index (κ1) is 32.0. The van der Waals surface area contributed by atoms with E-state index in [9.17, 15) is 19.7 Å². The van der Waals surface area contributed by atoms with Crippen molar-refractivity contribution < 1.29 is 19.2 Å². The topological polar surface area (TPSA) is 97.9 Å². The number of nitro benzene ring substituents is 1. The van der Waals surface area contributed by atoms with Gasteiger partial charge in [0.1, 0.15) is 12.3 Å². The second-order valence-electron chi connectivity index (χ2n) is 11.4. The molecule has 4 rings (SSSR count). The van der Waals surface area contributed by atoms with Crippen molar-refractivity contribution in [1.29, 1.82) is 0 Å². The molecule has 0 bridgehead atoms. The standard InChI is InChI=1S/C35H40N4O5/c1-26(2)17-19-37(35(41)30-16-15-27(3)33(21-30)39(42)43)25-34(40)38(22-28-10-6-5-7-11-28)24-31-13-9-18-36(31)23-29-12-8-14-32(20-29)44-4/h5-16,18,20-21,26H,17,19,22-25H2,1-4H3. The maximum Gasteiger partial charge on any atom is 0.273 e. The summed E-state index contributed by atoms with van der Waals surface area (Å²) in [7, 11) is 1.64. The van der Waals surface area contributed by atoms with Crippen LogP contribution >= 0.6 is 0 Å². The lowest BCUT2D eigenvalue weighted by Gasteiger charge is -2.29. The third kappa shape index (κ3) is 8.56. The Labute approximate surface area is 258 Å². The van der Waals surface area contributed by atoms with Gasteiger partial charge >= 0.3 is 0 Å². The molecule has 4 aromatic rings. The summed E-state index contributed by atoms with van der Waals surface area (Å²) >= 11 is 0.